The molecule has 1 aliphatic carbocycles. The van der Waals surface area contributed by atoms with E-state index in [-0.39, 0.29) is 17.2 Å². The minimum atomic E-state index is -4.99. The molecule has 1 aliphatic rings. The number of pyridine rings is 1. The third-order valence-corrected chi connectivity index (χ3v) is 8.48. The van der Waals surface area contributed by atoms with Gasteiger partial charge >= 0.3 is 6.18 Å². The summed E-state index contributed by atoms with van der Waals surface area (Å²) in [6, 6.07) is 9.83. The van der Waals surface area contributed by atoms with E-state index >= 15 is 4.39 Å². The van der Waals surface area contributed by atoms with Crippen molar-refractivity contribution < 1.29 is 36.6 Å². The maximum absolute atomic E-state index is 15.6. The standard InChI is InChI=1S/C30H26F5IN4O3/c1-15-10-17-11-18(12-22(25(17)40-39-15)43-20-8-9-20)27(41)37-14-29(36,30(33,34)35)23-13-21(28(2,3)42)24(32)26(38-23)16-4-6-19(31)7-5-16/h4-7,10-13,20,42H,8-9,14H2,1-3H3,(H,37,41). The fourth-order valence-electron chi connectivity index (χ4n) is 4.43. The van der Waals surface area contributed by atoms with Crippen LogP contribution in [0.25, 0.3) is 22.2 Å². The third-order valence-electron chi connectivity index (χ3n) is 6.94. The van der Waals surface area contributed by atoms with Gasteiger partial charge in [-0.2, -0.15) is 18.3 Å². The number of halogens is 6. The number of aliphatic hydroxyl groups is 1. The molecule has 2 heterocycles. The lowest BCUT2D eigenvalue weighted by molar-refractivity contribution is -0.156. The van der Waals surface area contributed by atoms with Crippen molar-refractivity contribution in [1.82, 2.24) is 20.5 Å². The lowest BCUT2D eigenvalue weighted by Crippen LogP contribution is -2.47. The molecule has 5 rings (SSSR count). The number of nitrogens with zero attached hydrogens (tertiary/aromatic N) is 3. The van der Waals surface area contributed by atoms with Gasteiger partial charge in [0.1, 0.15) is 22.8 Å². The third kappa shape index (κ3) is 6.42. The summed E-state index contributed by atoms with van der Waals surface area (Å²) in [4.78, 5) is 17.3. The van der Waals surface area contributed by atoms with Crippen LogP contribution in [-0.4, -0.2) is 45.0 Å². The predicted octanol–water partition coefficient (Wildman–Crippen LogP) is 6.67. The van der Waals surface area contributed by atoms with Crippen molar-refractivity contribution in [2.24, 2.45) is 0 Å². The second kappa shape index (κ2) is 11.2. The maximum Gasteiger partial charge on any atom is 0.410 e. The second-order valence-electron chi connectivity index (χ2n) is 11.0. The minimum Gasteiger partial charge on any atom is -0.488 e. The topological polar surface area (TPSA) is 97.2 Å². The molecule has 0 saturated heterocycles. The van der Waals surface area contributed by atoms with Crippen molar-refractivity contribution in [3.63, 3.8) is 0 Å². The summed E-state index contributed by atoms with van der Waals surface area (Å²) >= 11 is 1.14. The summed E-state index contributed by atoms with van der Waals surface area (Å²) in [5.41, 5.74) is -2.43. The van der Waals surface area contributed by atoms with Crippen molar-refractivity contribution in [2.75, 3.05) is 6.54 Å². The van der Waals surface area contributed by atoms with E-state index in [0.717, 1.165) is 53.6 Å². The van der Waals surface area contributed by atoms with E-state index in [9.17, 15) is 27.5 Å². The number of carbonyl (C=O) groups is 1. The number of rotatable bonds is 8. The highest BCUT2D eigenvalue weighted by molar-refractivity contribution is 14.1. The predicted molar refractivity (Wildman–Crippen MR) is 157 cm³/mol. The van der Waals surface area contributed by atoms with Crippen LogP contribution in [0, 0.1) is 18.6 Å². The van der Waals surface area contributed by atoms with Crippen LogP contribution >= 0.6 is 22.6 Å². The number of ether oxygens (including phenoxy) is 1. The number of hydrogen-bond acceptors (Lipinski definition) is 6. The SMILES string of the molecule is Cc1cc2cc(C(=O)NCC(I)(c3cc(C(C)(C)O)c(F)c(-c4ccc(F)cc4)n3)C(F)(F)F)cc(OC3CC3)c2nn1. The number of benzene rings is 2. The van der Waals surface area contributed by atoms with Gasteiger partial charge < -0.3 is 15.2 Å². The van der Waals surface area contributed by atoms with Gasteiger partial charge in [-0.3, -0.25) is 4.79 Å². The van der Waals surface area contributed by atoms with Crippen LogP contribution < -0.4 is 10.1 Å². The molecular formula is C30H26F5IN4O3. The number of nitrogens with one attached hydrogen (secondary N) is 1. The zero-order valence-electron chi connectivity index (χ0n) is 23.2. The molecule has 226 valence electrons. The summed E-state index contributed by atoms with van der Waals surface area (Å²) in [5.74, 6) is -2.20. The zero-order valence-corrected chi connectivity index (χ0v) is 25.3. The fourth-order valence-corrected chi connectivity index (χ4v) is 4.90. The van der Waals surface area contributed by atoms with Crippen LogP contribution in [0.2, 0.25) is 0 Å². The highest BCUT2D eigenvalue weighted by Crippen LogP contribution is 2.47. The number of amides is 1. The minimum absolute atomic E-state index is 0.00829. The molecule has 0 spiro atoms. The molecule has 0 bridgehead atoms. The Morgan fingerprint density at radius 3 is 2.35 bits per heavy atom. The zero-order chi connectivity index (χ0) is 31.3. The van der Waals surface area contributed by atoms with Crippen molar-refractivity contribution in [3.05, 3.63) is 82.7 Å². The lowest BCUT2D eigenvalue weighted by Gasteiger charge is -2.32. The van der Waals surface area contributed by atoms with Gasteiger partial charge in [0.2, 0.25) is 0 Å². The average molecular weight is 712 g/mol. The van der Waals surface area contributed by atoms with Crippen molar-refractivity contribution in [1.29, 1.82) is 0 Å². The lowest BCUT2D eigenvalue weighted by atomic mass is 9.92. The Bertz CT molecular complexity index is 1710. The first kappa shape index (κ1) is 31.0. The second-order valence-corrected chi connectivity index (χ2v) is 12.8. The average Bonchev–Trinajstić information content (AvgIpc) is 3.74. The highest BCUT2D eigenvalue weighted by atomic mass is 127. The van der Waals surface area contributed by atoms with E-state index in [1.54, 1.807) is 13.0 Å². The molecule has 2 aromatic heterocycles. The van der Waals surface area contributed by atoms with E-state index in [4.69, 9.17) is 4.74 Å². The van der Waals surface area contributed by atoms with E-state index < -0.39 is 56.2 Å². The van der Waals surface area contributed by atoms with Crippen molar-refractivity contribution >= 4 is 39.4 Å². The molecule has 1 atom stereocenters. The molecule has 2 aromatic carbocycles. The Morgan fingerprint density at radius 2 is 1.74 bits per heavy atom. The number of aromatic nitrogens is 3. The Kier molecular flexibility index (Phi) is 8.09. The fraction of sp³-hybridized carbons (Fsp3) is 0.333. The maximum atomic E-state index is 15.6. The quantitative estimate of drug-likeness (QED) is 0.120. The van der Waals surface area contributed by atoms with Crippen LogP contribution in [0.15, 0.2) is 48.5 Å². The molecule has 13 heteroatoms. The molecule has 2 N–H and O–H groups in total. The molecule has 1 amide bonds. The summed E-state index contributed by atoms with van der Waals surface area (Å²) in [6.45, 7) is 3.18. The Labute approximate surface area is 257 Å². The number of aryl methyl sites for hydroxylation is 1. The number of fused-ring (bicyclic) bond motifs is 1. The van der Waals surface area contributed by atoms with Crippen molar-refractivity contribution in [3.8, 4) is 17.0 Å². The summed E-state index contributed by atoms with van der Waals surface area (Å²) < 4.78 is 76.5. The van der Waals surface area contributed by atoms with Crippen LogP contribution in [0.3, 0.4) is 0 Å². The van der Waals surface area contributed by atoms with Gasteiger partial charge in [-0.1, -0.05) is 22.6 Å². The number of alkyl halides is 4. The molecular weight excluding hydrogens is 686 g/mol. The van der Waals surface area contributed by atoms with Gasteiger partial charge in [-0.15, -0.1) is 5.10 Å². The smallest absolute Gasteiger partial charge is 0.410 e. The summed E-state index contributed by atoms with van der Waals surface area (Å²) in [7, 11) is 0. The van der Waals surface area contributed by atoms with Gasteiger partial charge in [0, 0.05) is 28.6 Å². The number of hydrogen-bond donors (Lipinski definition) is 2. The molecule has 4 aromatic rings. The molecule has 1 saturated carbocycles. The Balaban J connectivity index is 1.54. The Hall–Kier alpha value is -3.46. The molecule has 0 aliphatic heterocycles. The van der Waals surface area contributed by atoms with Gasteiger partial charge in [0.25, 0.3) is 5.91 Å². The van der Waals surface area contributed by atoms with E-state index in [1.807, 2.05) is 0 Å². The molecule has 1 fully saturated rings. The molecule has 1 unspecified atom stereocenters. The van der Waals surface area contributed by atoms with Gasteiger partial charge in [0.05, 0.1) is 23.1 Å². The van der Waals surface area contributed by atoms with Crippen LogP contribution in [0.4, 0.5) is 22.0 Å². The molecule has 7 nitrogen and oxygen atoms in total. The number of carbonyl (C=O) groups excluding carboxylic acids is 1. The molecule has 0 radical (unpaired) electrons. The summed E-state index contributed by atoms with van der Waals surface area (Å²) in [5, 5.41) is 21.7. The first-order chi connectivity index (χ1) is 20.1. The molecule has 43 heavy (non-hydrogen) atoms. The normalized spacial score (nSPS) is 15.3. The van der Waals surface area contributed by atoms with E-state index in [0.29, 0.717) is 22.3 Å². The van der Waals surface area contributed by atoms with E-state index in [2.05, 4.69) is 20.5 Å². The van der Waals surface area contributed by atoms with Gasteiger partial charge in [-0.05, 0) is 82.1 Å². The van der Waals surface area contributed by atoms with Crippen LogP contribution in [0.1, 0.15) is 54.0 Å². The highest BCUT2D eigenvalue weighted by Gasteiger charge is 2.56. The van der Waals surface area contributed by atoms with Crippen LogP contribution in [0.5, 0.6) is 5.75 Å². The Morgan fingerprint density at radius 1 is 1.07 bits per heavy atom. The van der Waals surface area contributed by atoms with Crippen molar-refractivity contribution in [2.45, 2.75) is 54.9 Å². The summed E-state index contributed by atoms with van der Waals surface area (Å²) in [6.07, 6.45) is -3.37. The largest absolute Gasteiger partial charge is 0.488 e. The first-order valence-corrected chi connectivity index (χ1v) is 14.3. The first-order valence-electron chi connectivity index (χ1n) is 13.3. The van der Waals surface area contributed by atoms with Gasteiger partial charge in [0.15, 0.2) is 9.24 Å². The van der Waals surface area contributed by atoms with E-state index in [1.165, 1.54) is 38.1 Å². The monoisotopic (exact) mass is 712 g/mol. The van der Waals surface area contributed by atoms with Gasteiger partial charge in [-0.25, -0.2) is 13.8 Å². The van der Waals surface area contributed by atoms with Crippen LogP contribution in [-0.2, 0) is 9.02 Å².